The summed E-state index contributed by atoms with van der Waals surface area (Å²) in [5.74, 6) is 0.480. The van der Waals surface area contributed by atoms with E-state index in [9.17, 15) is 15.3 Å². The number of carbonyl (C=O) groups is 1. The van der Waals surface area contributed by atoms with Gasteiger partial charge in [0, 0.05) is 29.2 Å². The number of carbonyl (C=O) groups excluding carboxylic acids is 1. The average Bonchev–Trinajstić information content (AvgIpc) is 3.34. The van der Waals surface area contributed by atoms with Crippen molar-refractivity contribution in [2.75, 3.05) is 13.2 Å². The highest BCUT2D eigenvalue weighted by Crippen LogP contribution is 2.38. The second-order valence-electron chi connectivity index (χ2n) is 8.36. The van der Waals surface area contributed by atoms with E-state index in [1.54, 1.807) is 24.3 Å². The van der Waals surface area contributed by atoms with Gasteiger partial charge >= 0.3 is 0 Å². The highest BCUT2D eigenvalue weighted by Gasteiger charge is 2.15. The molecule has 1 aromatic heterocycles. The number of aromatic nitrogens is 1. The van der Waals surface area contributed by atoms with Crippen molar-refractivity contribution < 1.29 is 14.3 Å². The molecule has 0 aliphatic heterocycles. The lowest BCUT2D eigenvalue weighted by Gasteiger charge is -2.15. The zero-order chi connectivity index (χ0) is 26.9. The lowest BCUT2D eigenvalue weighted by molar-refractivity contribution is -0.117. The summed E-state index contributed by atoms with van der Waals surface area (Å²) in [4.78, 5) is 16.0. The molecule has 190 valence electrons. The lowest BCUT2D eigenvalue weighted by atomic mass is 10.1. The molecule has 3 aromatic carbocycles. The van der Waals surface area contributed by atoms with Crippen LogP contribution in [-0.2, 0) is 17.8 Å². The zero-order valence-corrected chi connectivity index (χ0v) is 22.3. The fraction of sp³-hybridized carbons (Fsp3) is 0.167. The number of nitrogens with zero attached hydrogens (tertiary/aromatic N) is 2. The number of aromatic amines is 1. The van der Waals surface area contributed by atoms with Crippen LogP contribution in [0.15, 0.2) is 76.9 Å². The molecular weight excluding hydrogens is 544 g/mol. The molecule has 0 unspecified atom stereocenters. The van der Waals surface area contributed by atoms with Gasteiger partial charge in [-0.3, -0.25) is 4.79 Å². The zero-order valence-electron chi connectivity index (χ0n) is 20.8. The molecule has 0 radical (unpaired) electrons. The van der Waals surface area contributed by atoms with Gasteiger partial charge < -0.3 is 19.8 Å². The molecule has 0 spiro atoms. The second kappa shape index (κ2) is 12.6. The third kappa shape index (κ3) is 6.23. The van der Waals surface area contributed by atoms with E-state index >= 15 is 0 Å². The summed E-state index contributed by atoms with van der Waals surface area (Å²) in [7, 11) is 0. The van der Waals surface area contributed by atoms with E-state index in [4.69, 9.17) is 9.47 Å². The van der Waals surface area contributed by atoms with Crippen molar-refractivity contribution in [1.29, 1.82) is 10.5 Å². The normalized spacial score (nSPS) is 11.0. The summed E-state index contributed by atoms with van der Waals surface area (Å²) in [5, 5.41) is 22.9. The Morgan fingerprint density at radius 2 is 1.87 bits per heavy atom. The largest absolute Gasteiger partial charge is 0.490 e. The van der Waals surface area contributed by atoms with Crippen LogP contribution in [0.5, 0.6) is 11.5 Å². The van der Waals surface area contributed by atoms with Gasteiger partial charge in [0.1, 0.15) is 18.2 Å². The Labute approximate surface area is 229 Å². The molecule has 1 amide bonds. The molecule has 7 nitrogen and oxygen atoms in total. The molecule has 0 atom stereocenters. The molecular formula is C30H25BrN4O3. The van der Waals surface area contributed by atoms with Crippen molar-refractivity contribution in [3.05, 3.63) is 99.2 Å². The molecule has 0 aliphatic carbocycles. The number of nitrogens with one attached hydrogen (secondary N) is 2. The number of nitriles is 2. The van der Waals surface area contributed by atoms with Crippen LogP contribution >= 0.6 is 15.9 Å². The molecule has 1 heterocycles. The van der Waals surface area contributed by atoms with Crippen LogP contribution in [0.4, 0.5) is 0 Å². The molecule has 38 heavy (non-hydrogen) atoms. The molecule has 0 saturated heterocycles. The minimum absolute atomic E-state index is 0.0186. The first-order valence-electron chi connectivity index (χ1n) is 12.1. The molecule has 0 fully saturated rings. The van der Waals surface area contributed by atoms with E-state index in [0.717, 1.165) is 22.0 Å². The van der Waals surface area contributed by atoms with E-state index in [-0.39, 0.29) is 12.2 Å². The number of para-hydroxylation sites is 1. The summed E-state index contributed by atoms with van der Waals surface area (Å²) in [5.41, 5.74) is 4.02. The molecule has 4 aromatic rings. The summed E-state index contributed by atoms with van der Waals surface area (Å²) in [6.45, 7) is 2.82. The van der Waals surface area contributed by atoms with Crippen LogP contribution < -0.4 is 14.8 Å². The number of fused-ring (bicyclic) bond motifs is 1. The van der Waals surface area contributed by atoms with Crippen LogP contribution in [0.25, 0.3) is 17.0 Å². The second-order valence-corrected chi connectivity index (χ2v) is 9.21. The summed E-state index contributed by atoms with van der Waals surface area (Å²) in [6.07, 6.45) is 4.09. The Balaban J connectivity index is 1.47. The maximum absolute atomic E-state index is 12.7. The van der Waals surface area contributed by atoms with Crippen molar-refractivity contribution in [2.24, 2.45) is 0 Å². The number of hydrogen-bond donors (Lipinski definition) is 2. The van der Waals surface area contributed by atoms with Gasteiger partial charge in [-0.2, -0.15) is 10.5 Å². The maximum atomic E-state index is 12.7. The maximum Gasteiger partial charge on any atom is 0.261 e. The Kier molecular flexibility index (Phi) is 8.81. The van der Waals surface area contributed by atoms with E-state index in [1.807, 2.05) is 55.6 Å². The minimum Gasteiger partial charge on any atom is -0.490 e. The van der Waals surface area contributed by atoms with Crippen LogP contribution in [0.3, 0.4) is 0 Å². The topological polar surface area (TPSA) is 111 Å². The fourth-order valence-electron chi connectivity index (χ4n) is 4.04. The van der Waals surface area contributed by atoms with Gasteiger partial charge in [0.05, 0.1) is 22.7 Å². The summed E-state index contributed by atoms with van der Waals surface area (Å²) >= 11 is 3.52. The number of H-pyrrole nitrogens is 1. The average molecular weight is 569 g/mol. The number of benzene rings is 3. The highest BCUT2D eigenvalue weighted by atomic mass is 79.9. The van der Waals surface area contributed by atoms with Crippen molar-refractivity contribution in [1.82, 2.24) is 10.3 Å². The fourth-order valence-corrected chi connectivity index (χ4v) is 4.61. The number of rotatable bonds is 10. The van der Waals surface area contributed by atoms with Gasteiger partial charge in [-0.05, 0) is 70.7 Å². The van der Waals surface area contributed by atoms with E-state index < -0.39 is 5.91 Å². The Morgan fingerprint density at radius 1 is 1.08 bits per heavy atom. The first kappa shape index (κ1) is 26.5. The van der Waals surface area contributed by atoms with Gasteiger partial charge in [0.25, 0.3) is 5.91 Å². The standard InChI is InChI=1S/C30H25BrN4O3/c1-2-37-28-15-20(14-26(31)29(28)38-19-23-8-4-3-7-21(23)16-32)13-24(17-33)30(36)34-12-11-22-18-35-27-10-6-5-9-25(22)27/h3-10,13-15,18,35H,2,11-12,19H2,1H3,(H,34,36)/b24-13-. The van der Waals surface area contributed by atoms with Gasteiger partial charge in [0.15, 0.2) is 11.5 Å². The highest BCUT2D eigenvalue weighted by molar-refractivity contribution is 9.10. The predicted molar refractivity (Wildman–Crippen MR) is 149 cm³/mol. The van der Waals surface area contributed by atoms with E-state index in [2.05, 4.69) is 32.3 Å². The summed E-state index contributed by atoms with van der Waals surface area (Å²) < 4.78 is 12.4. The van der Waals surface area contributed by atoms with Crippen LogP contribution in [0.1, 0.15) is 29.2 Å². The van der Waals surface area contributed by atoms with Crippen LogP contribution in [-0.4, -0.2) is 24.0 Å². The Bertz CT molecular complexity index is 1580. The van der Waals surface area contributed by atoms with Crippen molar-refractivity contribution in [3.8, 4) is 23.6 Å². The van der Waals surface area contributed by atoms with Crippen molar-refractivity contribution in [2.45, 2.75) is 20.0 Å². The SMILES string of the molecule is CCOc1cc(/C=C(/C#N)C(=O)NCCc2c[nH]c3ccccc23)cc(Br)c1OCc1ccccc1C#N. The lowest BCUT2D eigenvalue weighted by Crippen LogP contribution is -2.26. The first-order chi connectivity index (χ1) is 18.5. The molecule has 0 bridgehead atoms. The number of ether oxygens (including phenoxy) is 2. The van der Waals surface area contributed by atoms with Crippen molar-refractivity contribution in [3.63, 3.8) is 0 Å². The molecule has 0 aliphatic rings. The van der Waals surface area contributed by atoms with Gasteiger partial charge in [-0.15, -0.1) is 0 Å². The third-order valence-corrected chi connectivity index (χ3v) is 6.46. The van der Waals surface area contributed by atoms with Crippen molar-refractivity contribution >= 4 is 38.8 Å². The van der Waals surface area contributed by atoms with Crippen LogP contribution in [0.2, 0.25) is 0 Å². The quantitative estimate of drug-likeness (QED) is 0.179. The molecule has 0 saturated carbocycles. The Hall–Kier alpha value is -4.53. The van der Waals surface area contributed by atoms with Gasteiger partial charge in [0.2, 0.25) is 0 Å². The number of amides is 1. The number of halogens is 1. The smallest absolute Gasteiger partial charge is 0.261 e. The minimum atomic E-state index is -0.449. The van der Waals surface area contributed by atoms with E-state index in [1.165, 1.54) is 6.08 Å². The third-order valence-electron chi connectivity index (χ3n) is 5.87. The molecule has 2 N–H and O–H groups in total. The monoisotopic (exact) mass is 568 g/mol. The first-order valence-corrected chi connectivity index (χ1v) is 12.9. The Morgan fingerprint density at radius 3 is 2.66 bits per heavy atom. The van der Waals surface area contributed by atoms with Gasteiger partial charge in [-0.25, -0.2) is 0 Å². The number of hydrogen-bond acceptors (Lipinski definition) is 5. The molecule has 8 heteroatoms. The molecule has 4 rings (SSSR count). The summed E-state index contributed by atoms with van der Waals surface area (Å²) in [6, 6.07) is 22.8. The van der Waals surface area contributed by atoms with E-state index in [0.29, 0.717) is 46.7 Å². The predicted octanol–water partition coefficient (Wildman–Crippen LogP) is 6.05. The van der Waals surface area contributed by atoms with Crippen LogP contribution in [0, 0.1) is 22.7 Å². The van der Waals surface area contributed by atoms with Gasteiger partial charge in [-0.1, -0.05) is 36.4 Å².